The molecule has 0 aliphatic rings. The minimum absolute atomic E-state index is 0.0734. The van der Waals surface area contributed by atoms with Crippen LogP contribution < -0.4 is 4.43 Å². The Morgan fingerprint density at radius 1 is 1.30 bits per heavy atom. The van der Waals surface area contributed by atoms with Gasteiger partial charge < -0.3 is 9.16 Å². The molecule has 0 aliphatic carbocycles. The van der Waals surface area contributed by atoms with Crippen LogP contribution in [-0.4, -0.2) is 26.7 Å². The first-order valence-corrected chi connectivity index (χ1v) is 10.4. The van der Waals surface area contributed by atoms with Crippen LogP contribution in [-0.2, 0) is 4.74 Å². The number of benzene rings is 1. The fraction of sp³-hybridized carbons (Fsp3) is 0.533. The molecule has 0 N–H and O–H groups in total. The zero-order valence-electron chi connectivity index (χ0n) is 12.8. The van der Waals surface area contributed by atoms with Gasteiger partial charge in [-0.1, -0.05) is 48.8 Å². The number of rotatable bonds is 5. The van der Waals surface area contributed by atoms with Crippen LogP contribution in [0.3, 0.4) is 0 Å². The molecule has 1 rings (SSSR count). The summed E-state index contributed by atoms with van der Waals surface area (Å²) in [5.74, 6) is 0.272. The molecule has 0 aliphatic heterocycles. The Morgan fingerprint density at radius 2 is 1.90 bits per heavy atom. The Labute approximate surface area is 130 Å². The van der Waals surface area contributed by atoms with Crippen molar-refractivity contribution < 1.29 is 14.0 Å². The molecule has 0 fully saturated rings. The lowest BCUT2D eigenvalue weighted by atomic mass is 10.2. The van der Waals surface area contributed by atoms with Gasteiger partial charge in [0.1, 0.15) is 11.3 Å². The molecule has 0 amide bonds. The summed E-state index contributed by atoms with van der Waals surface area (Å²) in [6.45, 7) is 8.80. The maximum Gasteiger partial charge on any atom is 0.341 e. The molecule has 112 valence electrons. The van der Waals surface area contributed by atoms with Crippen LogP contribution in [0.5, 0.6) is 5.75 Å². The van der Waals surface area contributed by atoms with Crippen LogP contribution in [0.15, 0.2) is 24.3 Å². The average Bonchev–Trinajstić information content (AvgIpc) is 2.37. The maximum atomic E-state index is 11.8. The van der Waals surface area contributed by atoms with Crippen molar-refractivity contribution in [3.63, 3.8) is 0 Å². The van der Waals surface area contributed by atoms with Crippen molar-refractivity contribution >= 4 is 30.2 Å². The van der Waals surface area contributed by atoms with Gasteiger partial charge in [-0.05, 0) is 29.8 Å². The molecule has 0 heterocycles. The Bertz CT molecular complexity index is 470. The number of methoxy groups -OCH3 is 1. The van der Waals surface area contributed by atoms with Gasteiger partial charge in [0, 0.05) is 5.33 Å². The number of para-hydroxylation sites is 1. The van der Waals surface area contributed by atoms with Gasteiger partial charge in [0.25, 0.3) is 8.32 Å². The standard InChI is InChI=1S/C15H23BrO3Si/c1-15(2,3)20(5,11-10-16)19-13-9-7-6-8-12(13)14(17)18-4/h6-9H,10-11H2,1-5H3. The lowest BCUT2D eigenvalue weighted by Crippen LogP contribution is -2.47. The first-order chi connectivity index (χ1) is 9.25. The van der Waals surface area contributed by atoms with Gasteiger partial charge in [-0.25, -0.2) is 4.79 Å². The number of esters is 1. The molecule has 0 radical (unpaired) electrons. The number of hydrogen-bond acceptors (Lipinski definition) is 3. The third-order valence-corrected chi connectivity index (χ3v) is 9.96. The number of alkyl halides is 1. The van der Waals surface area contributed by atoms with E-state index in [1.54, 1.807) is 6.07 Å². The summed E-state index contributed by atoms with van der Waals surface area (Å²) >= 11 is 3.52. The molecule has 1 atom stereocenters. The third-order valence-electron chi connectivity index (χ3n) is 3.79. The Hall–Kier alpha value is -0.813. The van der Waals surface area contributed by atoms with Crippen molar-refractivity contribution in [1.29, 1.82) is 0 Å². The molecule has 1 aromatic carbocycles. The number of ether oxygens (including phenoxy) is 1. The van der Waals surface area contributed by atoms with Gasteiger partial charge in [0.2, 0.25) is 0 Å². The van der Waals surface area contributed by atoms with Crippen molar-refractivity contribution in [3.05, 3.63) is 29.8 Å². The Morgan fingerprint density at radius 3 is 2.40 bits per heavy atom. The molecule has 1 aromatic rings. The second-order valence-electron chi connectivity index (χ2n) is 6.01. The van der Waals surface area contributed by atoms with Crippen LogP contribution in [0.25, 0.3) is 0 Å². The molecular weight excluding hydrogens is 336 g/mol. The quantitative estimate of drug-likeness (QED) is 0.437. The van der Waals surface area contributed by atoms with E-state index < -0.39 is 8.32 Å². The van der Waals surface area contributed by atoms with Gasteiger partial charge in [0.05, 0.1) is 7.11 Å². The number of carbonyl (C=O) groups excluding carboxylic acids is 1. The molecular formula is C15H23BrO3Si. The molecule has 20 heavy (non-hydrogen) atoms. The van der Waals surface area contributed by atoms with E-state index >= 15 is 0 Å². The van der Waals surface area contributed by atoms with E-state index in [2.05, 4.69) is 43.2 Å². The van der Waals surface area contributed by atoms with Crippen LogP contribution in [0.1, 0.15) is 31.1 Å². The summed E-state index contributed by atoms with van der Waals surface area (Å²) in [5.41, 5.74) is 0.493. The number of hydrogen-bond donors (Lipinski definition) is 0. The summed E-state index contributed by atoms with van der Waals surface area (Å²) in [5, 5.41) is 0.970. The summed E-state index contributed by atoms with van der Waals surface area (Å²) in [6, 6.07) is 8.27. The Balaban J connectivity index is 3.16. The van der Waals surface area contributed by atoms with E-state index in [1.807, 2.05) is 18.2 Å². The average molecular weight is 359 g/mol. The summed E-state index contributed by atoms with van der Waals surface area (Å²) < 4.78 is 11.2. The number of carbonyl (C=O) groups is 1. The highest BCUT2D eigenvalue weighted by atomic mass is 79.9. The number of halogens is 1. The molecule has 0 saturated heterocycles. The van der Waals surface area contributed by atoms with Gasteiger partial charge in [-0.2, -0.15) is 0 Å². The topological polar surface area (TPSA) is 35.5 Å². The second kappa shape index (κ2) is 6.76. The van der Waals surface area contributed by atoms with Crippen LogP contribution >= 0.6 is 15.9 Å². The highest BCUT2D eigenvalue weighted by Crippen LogP contribution is 2.41. The van der Waals surface area contributed by atoms with Crippen molar-refractivity contribution in [2.24, 2.45) is 0 Å². The largest absolute Gasteiger partial charge is 0.543 e. The van der Waals surface area contributed by atoms with E-state index in [9.17, 15) is 4.79 Å². The predicted molar refractivity (Wildman–Crippen MR) is 88.3 cm³/mol. The minimum atomic E-state index is -2.04. The smallest absolute Gasteiger partial charge is 0.341 e. The van der Waals surface area contributed by atoms with Crippen molar-refractivity contribution in [2.75, 3.05) is 12.4 Å². The van der Waals surface area contributed by atoms with E-state index in [0.29, 0.717) is 11.3 Å². The lowest BCUT2D eigenvalue weighted by Gasteiger charge is -2.39. The van der Waals surface area contributed by atoms with E-state index in [4.69, 9.17) is 9.16 Å². The monoisotopic (exact) mass is 358 g/mol. The molecule has 1 unspecified atom stereocenters. The first-order valence-electron chi connectivity index (χ1n) is 6.67. The highest BCUT2D eigenvalue weighted by Gasteiger charge is 2.43. The van der Waals surface area contributed by atoms with Gasteiger partial charge in [0.15, 0.2) is 0 Å². The van der Waals surface area contributed by atoms with Crippen LogP contribution in [0.4, 0.5) is 0 Å². The summed E-state index contributed by atoms with van der Waals surface area (Å²) in [7, 11) is -0.650. The normalized spacial score (nSPS) is 14.5. The van der Waals surface area contributed by atoms with Crippen LogP contribution in [0, 0.1) is 0 Å². The van der Waals surface area contributed by atoms with Crippen molar-refractivity contribution in [2.45, 2.75) is 38.4 Å². The molecule has 0 bridgehead atoms. The zero-order chi connectivity index (χ0) is 15.4. The van der Waals surface area contributed by atoms with E-state index in [0.717, 1.165) is 11.4 Å². The van der Waals surface area contributed by atoms with Crippen molar-refractivity contribution in [1.82, 2.24) is 0 Å². The zero-order valence-corrected chi connectivity index (χ0v) is 15.4. The molecule has 3 nitrogen and oxygen atoms in total. The fourth-order valence-corrected chi connectivity index (χ4v) is 6.29. The minimum Gasteiger partial charge on any atom is -0.543 e. The van der Waals surface area contributed by atoms with E-state index in [1.165, 1.54) is 7.11 Å². The van der Waals surface area contributed by atoms with Gasteiger partial charge in [-0.15, -0.1) is 0 Å². The molecule has 0 aromatic heterocycles. The van der Waals surface area contributed by atoms with Gasteiger partial charge >= 0.3 is 5.97 Å². The van der Waals surface area contributed by atoms with E-state index in [-0.39, 0.29) is 11.0 Å². The molecule has 0 spiro atoms. The molecule has 5 heteroatoms. The van der Waals surface area contributed by atoms with Crippen molar-refractivity contribution in [3.8, 4) is 5.75 Å². The molecule has 0 saturated carbocycles. The predicted octanol–water partition coefficient (Wildman–Crippen LogP) is 4.62. The van der Waals surface area contributed by atoms with Gasteiger partial charge in [-0.3, -0.25) is 0 Å². The lowest BCUT2D eigenvalue weighted by molar-refractivity contribution is 0.0598. The maximum absolute atomic E-state index is 11.8. The fourth-order valence-electron chi connectivity index (χ4n) is 1.84. The third kappa shape index (κ3) is 3.85. The highest BCUT2D eigenvalue weighted by molar-refractivity contribution is 9.09. The SMILES string of the molecule is COC(=O)c1ccccc1O[Si](C)(CCBr)C(C)(C)C. The Kier molecular flexibility index (Phi) is 5.83. The summed E-state index contributed by atoms with van der Waals surface area (Å²) in [6.07, 6.45) is 0. The first kappa shape index (κ1) is 17.2. The second-order valence-corrected chi connectivity index (χ2v) is 11.5. The van der Waals surface area contributed by atoms with Crippen LogP contribution in [0.2, 0.25) is 17.6 Å². The summed E-state index contributed by atoms with van der Waals surface area (Å²) in [4.78, 5) is 11.8.